The number of rotatable bonds is 3. The fourth-order valence-electron chi connectivity index (χ4n) is 1.46. The second kappa shape index (κ2) is 5.60. The Morgan fingerprint density at radius 3 is 2.26 bits per heavy atom. The van der Waals surface area contributed by atoms with E-state index in [0.29, 0.717) is 16.0 Å². The van der Waals surface area contributed by atoms with Crippen molar-refractivity contribution in [1.29, 1.82) is 0 Å². The van der Waals surface area contributed by atoms with Gasteiger partial charge >= 0.3 is 0 Å². The standard InChI is InChI=1S/C12H10Br2N2O2S/c1-8-11(6-7-12(14)15-8)16-19(17,18)10-4-2-9(13)3-5-10/h2-7,16H,1H3. The molecule has 1 aromatic heterocycles. The van der Waals surface area contributed by atoms with Crippen molar-refractivity contribution in [3.05, 3.63) is 51.2 Å². The van der Waals surface area contributed by atoms with E-state index >= 15 is 0 Å². The number of aromatic nitrogens is 1. The molecule has 2 rings (SSSR count). The minimum Gasteiger partial charge on any atom is -0.278 e. The van der Waals surface area contributed by atoms with Gasteiger partial charge in [0.1, 0.15) is 4.60 Å². The van der Waals surface area contributed by atoms with Crippen LogP contribution in [0.25, 0.3) is 0 Å². The molecule has 0 unspecified atom stereocenters. The Balaban J connectivity index is 2.33. The summed E-state index contributed by atoms with van der Waals surface area (Å²) in [6, 6.07) is 9.79. The number of halogens is 2. The van der Waals surface area contributed by atoms with Gasteiger partial charge in [0.25, 0.3) is 10.0 Å². The number of nitrogens with zero attached hydrogens (tertiary/aromatic N) is 1. The van der Waals surface area contributed by atoms with Crippen LogP contribution >= 0.6 is 31.9 Å². The third-order valence-corrected chi connectivity index (χ3v) is 4.77. The summed E-state index contributed by atoms with van der Waals surface area (Å²) in [5.74, 6) is 0. The fraction of sp³-hybridized carbons (Fsp3) is 0.0833. The van der Waals surface area contributed by atoms with Gasteiger partial charge < -0.3 is 0 Å². The van der Waals surface area contributed by atoms with E-state index in [1.807, 2.05) is 0 Å². The quantitative estimate of drug-likeness (QED) is 0.791. The zero-order chi connectivity index (χ0) is 14.0. The van der Waals surface area contributed by atoms with Crippen LogP contribution in [0.15, 0.2) is 50.4 Å². The number of anilines is 1. The summed E-state index contributed by atoms with van der Waals surface area (Å²) in [6.45, 7) is 1.74. The largest absolute Gasteiger partial charge is 0.278 e. The van der Waals surface area contributed by atoms with Crippen LogP contribution in [0.2, 0.25) is 0 Å². The van der Waals surface area contributed by atoms with Crippen molar-refractivity contribution in [2.45, 2.75) is 11.8 Å². The third kappa shape index (κ3) is 3.55. The van der Waals surface area contributed by atoms with Crippen LogP contribution in [0.3, 0.4) is 0 Å². The molecule has 0 saturated carbocycles. The van der Waals surface area contributed by atoms with Gasteiger partial charge in [0.05, 0.1) is 16.3 Å². The van der Waals surface area contributed by atoms with E-state index in [9.17, 15) is 8.42 Å². The number of nitrogens with one attached hydrogen (secondary N) is 1. The molecule has 2 aromatic rings. The van der Waals surface area contributed by atoms with E-state index in [4.69, 9.17) is 0 Å². The van der Waals surface area contributed by atoms with Gasteiger partial charge in [-0.15, -0.1) is 0 Å². The molecule has 0 saturated heterocycles. The van der Waals surface area contributed by atoms with Gasteiger partial charge in [0.2, 0.25) is 0 Å². The maximum Gasteiger partial charge on any atom is 0.261 e. The van der Waals surface area contributed by atoms with Crippen molar-refractivity contribution >= 4 is 47.6 Å². The summed E-state index contributed by atoms with van der Waals surface area (Å²) < 4.78 is 28.4. The lowest BCUT2D eigenvalue weighted by atomic mass is 10.3. The minimum absolute atomic E-state index is 0.206. The van der Waals surface area contributed by atoms with E-state index in [2.05, 4.69) is 41.6 Å². The summed E-state index contributed by atoms with van der Waals surface area (Å²) >= 11 is 6.50. The molecule has 0 aliphatic rings. The highest BCUT2D eigenvalue weighted by Crippen LogP contribution is 2.21. The molecule has 0 radical (unpaired) electrons. The lowest BCUT2D eigenvalue weighted by Crippen LogP contribution is -2.14. The molecule has 0 bridgehead atoms. The molecule has 7 heteroatoms. The number of hydrogen-bond donors (Lipinski definition) is 1. The van der Waals surface area contributed by atoms with Gasteiger partial charge in [-0.25, -0.2) is 13.4 Å². The highest BCUT2D eigenvalue weighted by atomic mass is 79.9. The Bertz CT molecular complexity index is 700. The predicted molar refractivity (Wildman–Crippen MR) is 81.6 cm³/mol. The summed E-state index contributed by atoms with van der Waals surface area (Å²) in [5.41, 5.74) is 1.07. The molecule has 0 amide bonds. The van der Waals surface area contributed by atoms with Crippen LogP contribution in [0.5, 0.6) is 0 Å². The molecule has 1 heterocycles. The zero-order valence-corrected chi connectivity index (χ0v) is 13.9. The first-order chi connectivity index (χ1) is 8.88. The SMILES string of the molecule is Cc1nc(Br)ccc1NS(=O)(=O)c1ccc(Br)cc1. The number of sulfonamides is 1. The van der Waals surface area contributed by atoms with Crippen molar-refractivity contribution in [1.82, 2.24) is 4.98 Å². The number of aryl methyl sites for hydroxylation is 1. The Kier molecular flexibility index (Phi) is 4.27. The van der Waals surface area contributed by atoms with E-state index in [1.165, 1.54) is 12.1 Å². The number of hydrogen-bond acceptors (Lipinski definition) is 3. The molecule has 0 atom stereocenters. The van der Waals surface area contributed by atoms with Crippen molar-refractivity contribution in [3.63, 3.8) is 0 Å². The lowest BCUT2D eigenvalue weighted by Gasteiger charge is -2.10. The first-order valence-electron chi connectivity index (χ1n) is 5.30. The second-order valence-electron chi connectivity index (χ2n) is 3.83. The monoisotopic (exact) mass is 404 g/mol. The summed E-state index contributed by atoms with van der Waals surface area (Å²) in [6.07, 6.45) is 0. The van der Waals surface area contributed by atoms with Crippen LogP contribution in [0, 0.1) is 6.92 Å². The van der Waals surface area contributed by atoms with Crippen LogP contribution < -0.4 is 4.72 Å². The molecular weight excluding hydrogens is 396 g/mol. The van der Waals surface area contributed by atoms with E-state index < -0.39 is 10.0 Å². The van der Waals surface area contributed by atoms with Gasteiger partial charge in [0.15, 0.2) is 0 Å². The summed E-state index contributed by atoms with van der Waals surface area (Å²) in [7, 11) is -3.59. The predicted octanol–water partition coefficient (Wildman–Crippen LogP) is 3.72. The minimum atomic E-state index is -3.59. The van der Waals surface area contributed by atoms with Crippen molar-refractivity contribution < 1.29 is 8.42 Å². The first-order valence-corrected chi connectivity index (χ1v) is 8.37. The maximum atomic E-state index is 12.2. The maximum absolute atomic E-state index is 12.2. The number of pyridine rings is 1. The normalized spacial score (nSPS) is 11.3. The first kappa shape index (κ1) is 14.5. The summed E-state index contributed by atoms with van der Waals surface area (Å²) in [5, 5.41) is 0. The third-order valence-electron chi connectivity index (χ3n) is 2.42. The fourth-order valence-corrected chi connectivity index (χ4v) is 3.24. The molecule has 1 aromatic carbocycles. The van der Waals surface area contributed by atoms with Crippen LogP contribution in [0.4, 0.5) is 5.69 Å². The molecule has 0 spiro atoms. The van der Waals surface area contributed by atoms with Crippen molar-refractivity contribution in [3.8, 4) is 0 Å². The average Bonchev–Trinajstić information content (AvgIpc) is 2.33. The van der Waals surface area contributed by atoms with Gasteiger partial charge in [0, 0.05) is 4.47 Å². The second-order valence-corrected chi connectivity index (χ2v) is 7.24. The molecule has 0 aliphatic heterocycles. The highest BCUT2D eigenvalue weighted by Gasteiger charge is 2.15. The Morgan fingerprint density at radius 2 is 1.68 bits per heavy atom. The van der Waals surface area contributed by atoms with Gasteiger partial charge in [-0.2, -0.15) is 0 Å². The van der Waals surface area contributed by atoms with Crippen LogP contribution in [-0.2, 0) is 10.0 Å². The van der Waals surface area contributed by atoms with Gasteiger partial charge in [-0.05, 0) is 59.3 Å². The molecule has 100 valence electrons. The Morgan fingerprint density at radius 1 is 1.05 bits per heavy atom. The molecule has 0 fully saturated rings. The van der Waals surface area contributed by atoms with Gasteiger partial charge in [-0.1, -0.05) is 15.9 Å². The van der Waals surface area contributed by atoms with Gasteiger partial charge in [-0.3, -0.25) is 4.72 Å². The molecule has 19 heavy (non-hydrogen) atoms. The van der Waals surface area contributed by atoms with Crippen LogP contribution in [-0.4, -0.2) is 13.4 Å². The molecular formula is C12H10Br2N2O2S. The Labute approximate surface area is 128 Å². The zero-order valence-electron chi connectivity index (χ0n) is 9.89. The summed E-state index contributed by atoms with van der Waals surface area (Å²) in [4.78, 5) is 4.35. The molecule has 0 aliphatic carbocycles. The Hall–Kier alpha value is -0.920. The topological polar surface area (TPSA) is 59.1 Å². The smallest absolute Gasteiger partial charge is 0.261 e. The molecule has 1 N–H and O–H groups in total. The number of benzene rings is 1. The van der Waals surface area contributed by atoms with Crippen molar-refractivity contribution in [2.24, 2.45) is 0 Å². The lowest BCUT2D eigenvalue weighted by molar-refractivity contribution is 0.601. The highest BCUT2D eigenvalue weighted by molar-refractivity contribution is 9.10. The van der Waals surface area contributed by atoms with Crippen molar-refractivity contribution in [2.75, 3.05) is 4.72 Å². The van der Waals surface area contributed by atoms with Crippen LogP contribution in [0.1, 0.15) is 5.69 Å². The van der Waals surface area contributed by atoms with E-state index in [0.717, 1.165) is 4.47 Å². The van der Waals surface area contributed by atoms with E-state index in [1.54, 1.807) is 31.2 Å². The van der Waals surface area contributed by atoms with E-state index in [-0.39, 0.29) is 4.90 Å². The average molecular weight is 406 g/mol. The molecule has 4 nitrogen and oxygen atoms in total.